The van der Waals surface area contributed by atoms with Gasteiger partial charge in [0.15, 0.2) is 0 Å². The molecule has 2 aromatic carbocycles. The van der Waals surface area contributed by atoms with Crippen LogP contribution in [0.4, 0.5) is 5.69 Å². The number of rotatable bonds is 7. The number of benzene rings is 2. The molecule has 0 aliphatic carbocycles. The smallest absolute Gasteiger partial charge is 0.227 e. The summed E-state index contributed by atoms with van der Waals surface area (Å²) in [5.74, 6) is 0.952. The fraction of sp³-hybridized carbons (Fsp3) is 0.227. The zero-order chi connectivity index (χ0) is 18.4. The van der Waals surface area contributed by atoms with Gasteiger partial charge in [0.25, 0.3) is 0 Å². The summed E-state index contributed by atoms with van der Waals surface area (Å²) in [6.07, 6.45) is 1.38. The van der Waals surface area contributed by atoms with Gasteiger partial charge in [0.05, 0.1) is 19.3 Å². The van der Waals surface area contributed by atoms with Crippen molar-refractivity contribution in [2.75, 3.05) is 12.0 Å². The van der Waals surface area contributed by atoms with E-state index in [1.807, 2.05) is 54.3 Å². The molecule has 1 heterocycles. The summed E-state index contributed by atoms with van der Waals surface area (Å²) in [5, 5.41) is 2.07. The van der Waals surface area contributed by atoms with Crippen molar-refractivity contribution in [1.82, 2.24) is 0 Å². The first-order valence-corrected chi connectivity index (χ1v) is 9.66. The third-order valence-electron chi connectivity index (χ3n) is 4.20. The van der Waals surface area contributed by atoms with Crippen LogP contribution in [0.1, 0.15) is 25.3 Å². The van der Waals surface area contributed by atoms with Crippen LogP contribution in [0.5, 0.6) is 5.75 Å². The molecule has 0 saturated heterocycles. The lowest BCUT2D eigenvalue weighted by Crippen LogP contribution is -2.29. The summed E-state index contributed by atoms with van der Waals surface area (Å²) >= 11 is 1.67. The molecule has 134 valence electrons. The lowest BCUT2D eigenvalue weighted by molar-refractivity contribution is -0.118. The number of hydrogen-bond acceptors (Lipinski definition) is 3. The maximum absolute atomic E-state index is 12.7. The minimum atomic E-state index is 0.146. The Labute approximate surface area is 158 Å². The second kappa shape index (κ2) is 8.68. The van der Waals surface area contributed by atoms with E-state index >= 15 is 0 Å². The molecule has 3 aromatic rings. The van der Waals surface area contributed by atoms with Crippen molar-refractivity contribution in [1.29, 1.82) is 0 Å². The van der Waals surface area contributed by atoms with E-state index in [-0.39, 0.29) is 5.91 Å². The maximum atomic E-state index is 12.7. The SMILES string of the molecule is CCCC(=O)N(Cc1cccc(OC)c1)c1csc(-c2ccccc2)c1. The van der Waals surface area contributed by atoms with Gasteiger partial charge in [-0.3, -0.25) is 4.79 Å². The molecule has 0 spiro atoms. The van der Waals surface area contributed by atoms with Crippen LogP contribution in [0.15, 0.2) is 66.0 Å². The number of anilines is 1. The summed E-state index contributed by atoms with van der Waals surface area (Å²) in [6, 6.07) is 20.3. The first-order chi connectivity index (χ1) is 12.7. The monoisotopic (exact) mass is 365 g/mol. The number of thiophene rings is 1. The number of ether oxygens (including phenoxy) is 1. The first-order valence-electron chi connectivity index (χ1n) is 8.78. The highest BCUT2D eigenvalue weighted by Gasteiger charge is 2.17. The number of carbonyl (C=O) groups is 1. The molecular weight excluding hydrogens is 342 g/mol. The van der Waals surface area contributed by atoms with Crippen molar-refractivity contribution < 1.29 is 9.53 Å². The Bertz CT molecular complexity index is 857. The van der Waals surface area contributed by atoms with E-state index in [0.29, 0.717) is 13.0 Å². The lowest BCUT2D eigenvalue weighted by Gasteiger charge is -2.22. The van der Waals surface area contributed by atoms with Crippen molar-refractivity contribution in [3.63, 3.8) is 0 Å². The highest BCUT2D eigenvalue weighted by atomic mass is 32.1. The molecule has 0 aliphatic heterocycles. The Balaban J connectivity index is 1.89. The number of methoxy groups -OCH3 is 1. The number of nitrogens with zero attached hydrogens (tertiary/aromatic N) is 1. The Kier molecular flexibility index (Phi) is 6.08. The van der Waals surface area contributed by atoms with E-state index < -0.39 is 0 Å². The van der Waals surface area contributed by atoms with Crippen LogP contribution in [0.25, 0.3) is 10.4 Å². The maximum Gasteiger partial charge on any atom is 0.227 e. The van der Waals surface area contributed by atoms with Crippen LogP contribution < -0.4 is 9.64 Å². The van der Waals surface area contributed by atoms with Gasteiger partial charge < -0.3 is 9.64 Å². The lowest BCUT2D eigenvalue weighted by atomic mass is 10.1. The summed E-state index contributed by atoms with van der Waals surface area (Å²) in [6.45, 7) is 2.58. The van der Waals surface area contributed by atoms with E-state index in [1.54, 1.807) is 18.4 Å². The highest BCUT2D eigenvalue weighted by Crippen LogP contribution is 2.33. The van der Waals surface area contributed by atoms with Gasteiger partial charge in [0, 0.05) is 16.7 Å². The van der Waals surface area contributed by atoms with Crippen molar-refractivity contribution >= 4 is 22.9 Å². The molecule has 0 unspecified atom stereocenters. The van der Waals surface area contributed by atoms with Crippen LogP contribution in [0.2, 0.25) is 0 Å². The van der Waals surface area contributed by atoms with E-state index in [0.717, 1.165) is 23.4 Å². The largest absolute Gasteiger partial charge is 0.497 e. The highest BCUT2D eigenvalue weighted by molar-refractivity contribution is 7.14. The van der Waals surface area contributed by atoms with Crippen molar-refractivity contribution in [2.45, 2.75) is 26.3 Å². The molecule has 0 N–H and O–H groups in total. The van der Waals surface area contributed by atoms with Crippen molar-refractivity contribution in [3.8, 4) is 16.2 Å². The molecule has 3 rings (SSSR count). The van der Waals surface area contributed by atoms with Gasteiger partial charge in [-0.05, 0) is 35.7 Å². The zero-order valence-electron chi connectivity index (χ0n) is 15.1. The fourth-order valence-corrected chi connectivity index (χ4v) is 3.75. The molecule has 1 aromatic heterocycles. The second-order valence-corrected chi connectivity index (χ2v) is 7.03. The molecule has 26 heavy (non-hydrogen) atoms. The van der Waals surface area contributed by atoms with Crippen molar-refractivity contribution in [2.24, 2.45) is 0 Å². The Morgan fingerprint density at radius 1 is 1.08 bits per heavy atom. The van der Waals surface area contributed by atoms with Gasteiger partial charge in [-0.15, -0.1) is 11.3 Å². The molecule has 0 saturated carbocycles. The van der Waals surface area contributed by atoms with Crippen LogP contribution in [0.3, 0.4) is 0 Å². The average molecular weight is 365 g/mol. The third kappa shape index (κ3) is 4.33. The number of carbonyl (C=O) groups excluding carboxylic acids is 1. The fourth-order valence-electron chi connectivity index (χ4n) is 2.85. The summed E-state index contributed by atoms with van der Waals surface area (Å²) in [5.41, 5.74) is 3.18. The van der Waals surface area contributed by atoms with E-state index in [1.165, 1.54) is 10.4 Å². The summed E-state index contributed by atoms with van der Waals surface area (Å²) in [4.78, 5) is 15.8. The summed E-state index contributed by atoms with van der Waals surface area (Å²) in [7, 11) is 1.66. The van der Waals surface area contributed by atoms with Crippen molar-refractivity contribution in [3.05, 3.63) is 71.6 Å². The van der Waals surface area contributed by atoms with E-state index in [9.17, 15) is 4.79 Å². The van der Waals surface area contributed by atoms with E-state index in [4.69, 9.17) is 4.74 Å². The molecule has 4 heteroatoms. The van der Waals surface area contributed by atoms with Gasteiger partial charge in [0.2, 0.25) is 5.91 Å². The molecular formula is C22H23NO2S. The minimum Gasteiger partial charge on any atom is -0.497 e. The van der Waals surface area contributed by atoms with Crippen LogP contribution in [-0.4, -0.2) is 13.0 Å². The first kappa shape index (κ1) is 18.2. The normalized spacial score (nSPS) is 10.5. The summed E-state index contributed by atoms with van der Waals surface area (Å²) < 4.78 is 5.31. The van der Waals surface area contributed by atoms with Gasteiger partial charge in [-0.1, -0.05) is 49.4 Å². The Hall–Kier alpha value is -2.59. The minimum absolute atomic E-state index is 0.146. The van der Waals surface area contributed by atoms with Gasteiger partial charge in [-0.25, -0.2) is 0 Å². The quantitative estimate of drug-likeness (QED) is 0.533. The van der Waals surface area contributed by atoms with Gasteiger partial charge in [0.1, 0.15) is 5.75 Å². The van der Waals surface area contributed by atoms with Crippen LogP contribution in [-0.2, 0) is 11.3 Å². The van der Waals surface area contributed by atoms with E-state index in [2.05, 4.69) is 23.6 Å². The molecule has 0 aliphatic rings. The zero-order valence-corrected chi connectivity index (χ0v) is 16.0. The molecule has 0 bridgehead atoms. The topological polar surface area (TPSA) is 29.5 Å². The number of amides is 1. The third-order valence-corrected chi connectivity index (χ3v) is 5.16. The van der Waals surface area contributed by atoms with Gasteiger partial charge in [-0.2, -0.15) is 0 Å². The molecule has 0 atom stereocenters. The second-order valence-electron chi connectivity index (χ2n) is 6.12. The predicted octanol–water partition coefficient (Wildman–Crippen LogP) is 5.76. The molecule has 1 amide bonds. The standard InChI is InChI=1S/C22H23NO2S/c1-3-8-22(24)23(15-17-9-7-12-20(13-17)25-2)19-14-21(26-16-19)18-10-5-4-6-11-18/h4-7,9-14,16H,3,8,15H2,1-2H3. The number of hydrogen-bond donors (Lipinski definition) is 0. The molecule has 3 nitrogen and oxygen atoms in total. The Morgan fingerprint density at radius 3 is 2.62 bits per heavy atom. The Morgan fingerprint density at radius 2 is 1.88 bits per heavy atom. The predicted molar refractivity (Wildman–Crippen MR) is 109 cm³/mol. The van der Waals surface area contributed by atoms with Crippen LogP contribution in [0, 0.1) is 0 Å². The van der Waals surface area contributed by atoms with Gasteiger partial charge >= 0.3 is 0 Å². The average Bonchev–Trinajstić information content (AvgIpc) is 3.17. The molecule has 0 radical (unpaired) electrons. The van der Waals surface area contributed by atoms with Crippen LogP contribution >= 0.6 is 11.3 Å². The molecule has 0 fully saturated rings.